The molecule has 2 aromatic carbocycles. The van der Waals surface area contributed by atoms with Crippen LogP contribution < -0.4 is 4.72 Å². The van der Waals surface area contributed by atoms with Gasteiger partial charge in [0.1, 0.15) is 11.4 Å². The maximum Gasteiger partial charge on any atom is 0.303 e. The zero-order chi connectivity index (χ0) is 35.1. The second-order valence-corrected chi connectivity index (χ2v) is 15.9. The Kier molecular flexibility index (Phi) is 9.29. The van der Waals surface area contributed by atoms with E-state index in [0.29, 0.717) is 41.9 Å². The summed E-state index contributed by atoms with van der Waals surface area (Å²) >= 11 is 0. The normalized spacial score (nSPS) is 18.5. The van der Waals surface area contributed by atoms with Crippen LogP contribution in [0, 0.1) is 19.3 Å². The first-order valence-electron chi connectivity index (χ1n) is 17.2. The van der Waals surface area contributed by atoms with Gasteiger partial charge in [0.05, 0.1) is 17.1 Å². The first-order valence-corrected chi connectivity index (χ1v) is 18.7. The number of carbonyl (C=O) groups excluding carboxylic acids is 3. The molecule has 0 bridgehead atoms. The summed E-state index contributed by atoms with van der Waals surface area (Å²) in [5.74, 6) is -0.162. The number of amidine groups is 1. The van der Waals surface area contributed by atoms with Gasteiger partial charge in [-0.2, -0.15) is 0 Å². The number of benzene rings is 2. The highest BCUT2D eigenvalue weighted by molar-refractivity contribution is 7.90. The molecule has 2 fully saturated rings. The quantitative estimate of drug-likeness (QED) is 0.258. The Morgan fingerprint density at radius 3 is 2.37 bits per heavy atom. The minimum absolute atomic E-state index is 0.0293. The Labute approximate surface area is 288 Å². The number of hydrogen-bond donors (Lipinski definition) is 1. The molecular formula is C37H45N5O6S. The van der Waals surface area contributed by atoms with Crippen molar-refractivity contribution < 1.29 is 27.3 Å². The van der Waals surface area contributed by atoms with Crippen LogP contribution in [0.3, 0.4) is 0 Å². The van der Waals surface area contributed by atoms with Gasteiger partial charge in [0.15, 0.2) is 0 Å². The molecule has 1 spiro atoms. The Bertz CT molecular complexity index is 1940. The number of hydrogen-bond acceptors (Lipinski definition) is 8. The van der Waals surface area contributed by atoms with Gasteiger partial charge in [0.25, 0.3) is 15.9 Å². The highest BCUT2D eigenvalue weighted by atomic mass is 32.2. The van der Waals surface area contributed by atoms with Gasteiger partial charge in [0, 0.05) is 36.1 Å². The molecule has 0 atom stereocenters. The summed E-state index contributed by atoms with van der Waals surface area (Å²) in [5.41, 5.74) is 2.40. The van der Waals surface area contributed by atoms with E-state index >= 15 is 0 Å². The largest absolute Gasteiger partial charge is 0.350 e. The van der Waals surface area contributed by atoms with E-state index in [2.05, 4.69) is 16.8 Å². The third kappa shape index (κ3) is 6.54. The number of nitrogens with one attached hydrogen (secondary N) is 1. The van der Waals surface area contributed by atoms with E-state index < -0.39 is 26.9 Å². The summed E-state index contributed by atoms with van der Waals surface area (Å²) in [6, 6.07) is 12.2. The fraction of sp³-hybridized carbons (Fsp3) is 0.486. The molecule has 1 saturated carbocycles. The van der Waals surface area contributed by atoms with Crippen molar-refractivity contribution in [2.24, 2.45) is 10.4 Å². The molecule has 1 aliphatic carbocycles. The minimum Gasteiger partial charge on any atom is -0.350 e. The first kappa shape index (κ1) is 34.5. The SMILES string of the molecule is CCCCC1=NC2(CCCC2)C(=O)N1Cc1ccc(-c2ccccc2S(=O)(=O)NC(=O)c2onc(C)c2C)c(CN2CCC(C)(C)C2=O)c1. The zero-order valence-electron chi connectivity index (χ0n) is 29.0. The molecule has 0 radical (unpaired) electrons. The molecule has 3 heterocycles. The Morgan fingerprint density at radius 2 is 1.71 bits per heavy atom. The molecule has 1 aromatic heterocycles. The number of unbranched alkanes of at least 4 members (excludes halogenated alkanes) is 1. The number of rotatable bonds is 11. The predicted octanol–water partition coefficient (Wildman–Crippen LogP) is 6.08. The van der Waals surface area contributed by atoms with E-state index in [0.717, 1.165) is 61.9 Å². The minimum atomic E-state index is -4.37. The van der Waals surface area contributed by atoms with Crippen LogP contribution in [0.25, 0.3) is 11.1 Å². The van der Waals surface area contributed by atoms with Gasteiger partial charge in [-0.25, -0.2) is 13.1 Å². The van der Waals surface area contributed by atoms with Crippen LogP contribution in [-0.2, 0) is 32.7 Å². The molecule has 6 rings (SSSR count). The topological polar surface area (TPSA) is 142 Å². The molecule has 3 aromatic rings. The average Bonchev–Trinajstić information content (AvgIpc) is 3.81. The van der Waals surface area contributed by atoms with Gasteiger partial charge in [-0.3, -0.25) is 24.3 Å². The number of amides is 3. The van der Waals surface area contributed by atoms with Crippen molar-refractivity contribution in [3.63, 3.8) is 0 Å². The van der Waals surface area contributed by atoms with Crippen LogP contribution in [0.4, 0.5) is 0 Å². The van der Waals surface area contributed by atoms with Gasteiger partial charge < -0.3 is 9.42 Å². The van der Waals surface area contributed by atoms with Crippen molar-refractivity contribution in [2.45, 2.75) is 110 Å². The average molecular weight is 688 g/mol. The van der Waals surface area contributed by atoms with Crippen LogP contribution in [0.5, 0.6) is 0 Å². The summed E-state index contributed by atoms with van der Waals surface area (Å²) in [4.78, 5) is 48.9. The van der Waals surface area contributed by atoms with Crippen molar-refractivity contribution in [3.8, 4) is 11.1 Å². The van der Waals surface area contributed by atoms with Gasteiger partial charge >= 0.3 is 5.91 Å². The fourth-order valence-electron chi connectivity index (χ4n) is 7.20. The molecule has 1 saturated heterocycles. The van der Waals surface area contributed by atoms with Crippen molar-refractivity contribution in [1.29, 1.82) is 0 Å². The maximum atomic E-state index is 13.9. The van der Waals surface area contributed by atoms with Crippen molar-refractivity contribution in [1.82, 2.24) is 19.7 Å². The molecule has 260 valence electrons. The summed E-state index contributed by atoms with van der Waals surface area (Å²) < 4.78 is 34.8. The van der Waals surface area contributed by atoms with Crippen LogP contribution in [-0.4, -0.2) is 59.0 Å². The number of carbonyl (C=O) groups is 3. The summed E-state index contributed by atoms with van der Waals surface area (Å²) in [6.07, 6.45) is 6.89. The monoisotopic (exact) mass is 687 g/mol. The van der Waals surface area contributed by atoms with Crippen LogP contribution in [0.15, 0.2) is 56.9 Å². The van der Waals surface area contributed by atoms with Crippen molar-refractivity contribution in [3.05, 3.63) is 70.6 Å². The second kappa shape index (κ2) is 13.2. The summed E-state index contributed by atoms with van der Waals surface area (Å²) in [5, 5.41) is 3.78. The number of aromatic nitrogens is 1. The van der Waals surface area contributed by atoms with Crippen LogP contribution >= 0.6 is 0 Å². The lowest BCUT2D eigenvalue weighted by molar-refractivity contribution is -0.135. The summed E-state index contributed by atoms with van der Waals surface area (Å²) in [7, 11) is -4.37. The lowest BCUT2D eigenvalue weighted by Gasteiger charge is -2.25. The molecule has 3 aliphatic rings. The van der Waals surface area contributed by atoms with Gasteiger partial charge in [-0.1, -0.05) is 81.6 Å². The van der Waals surface area contributed by atoms with Crippen molar-refractivity contribution >= 4 is 33.6 Å². The highest BCUT2D eigenvalue weighted by Gasteiger charge is 2.49. The van der Waals surface area contributed by atoms with E-state index in [9.17, 15) is 22.8 Å². The Hall–Kier alpha value is -4.32. The van der Waals surface area contributed by atoms with Gasteiger partial charge in [0.2, 0.25) is 11.7 Å². The standard InChI is InChI=1S/C37H45N5O6S/c1-6-7-14-31-38-37(17-10-11-18-37)35(45)42(31)22-26-15-16-28(27(21-26)23-41-20-19-36(4,5)34(41)44)29-12-8-9-13-30(29)49(46,47)40-33(43)32-24(2)25(3)39-48-32/h8-9,12-13,15-16,21H,6-7,10-11,14,17-20,22-23H2,1-5H3,(H,40,43). The number of likely N-dealkylation sites (tertiary alicyclic amines) is 1. The molecule has 11 nitrogen and oxygen atoms in total. The third-order valence-electron chi connectivity index (χ3n) is 10.3. The lowest BCUT2D eigenvalue weighted by Crippen LogP contribution is -2.40. The van der Waals surface area contributed by atoms with Crippen LogP contribution in [0.1, 0.15) is 105 Å². The molecule has 12 heteroatoms. The smallest absolute Gasteiger partial charge is 0.303 e. The highest BCUT2D eigenvalue weighted by Crippen LogP contribution is 2.41. The fourth-order valence-corrected chi connectivity index (χ4v) is 8.37. The van der Waals surface area contributed by atoms with Crippen molar-refractivity contribution in [2.75, 3.05) is 6.54 Å². The Balaban J connectivity index is 1.37. The van der Waals surface area contributed by atoms with Crippen LogP contribution in [0.2, 0.25) is 0 Å². The molecule has 1 N–H and O–H groups in total. The lowest BCUT2D eigenvalue weighted by atomic mass is 9.92. The number of sulfonamides is 1. The molecular weight excluding hydrogens is 643 g/mol. The van der Waals surface area contributed by atoms with E-state index in [-0.39, 0.29) is 29.0 Å². The third-order valence-corrected chi connectivity index (χ3v) is 11.7. The van der Waals surface area contributed by atoms with E-state index in [1.54, 1.807) is 36.9 Å². The van der Waals surface area contributed by atoms with E-state index in [4.69, 9.17) is 9.52 Å². The van der Waals surface area contributed by atoms with E-state index in [1.165, 1.54) is 6.07 Å². The van der Waals surface area contributed by atoms with Gasteiger partial charge in [-0.15, -0.1) is 0 Å². The number of aryl methyl sites for hydroxylation is 1. The first-order chi connectivity index (χ1) is 23.3. The maximum absolute atomic E-state index is 13.9. The van der Waals surface area contributed by atoms with Gasteiger partial charge in [-0.05, 0) is 62.3 Å². The number of nitrogens with zero attached hydrogens (tertiary/aromatic N) is 4. The second-order valence-electron chi connectivity index (χ2n) is 14.3. The molecule has 2 aliphatic heterocycles. The molecule has 49 heavy (non-hydrogen) atoms. The number of aliphatic imine (C=N–C) groups is 1. The summed E-state index contributed by atoms with van der Waals surface area (Å²) in [6.45, 7) is 10.5. The Morgan fingerprint density at radius 1 is 0.980 bits per heavy atom. The predicted molar refractivity (Wildman–Crippen MR) is 185 cm³/mol. The van der Waals surface area contributed by atoms with E-state index in [1.807, 2.05) is 36.9 Å². The molecule has 3 amide bonds. The molecule has 0 unspecified atom stereocenters. The zero-order valence-corrected chi connectivity index (χ0v) is 29.8.